The van der Waals surface area contributed by atoms with Crippen LogP contribution in [0.3, 0.4) is 0 Å². The minimum Gasteiger partial charge on any atom is -0.497 e. The van der Waals surface area contributed by atoms with E-state index >= 15 is 0 Å². The molecule has 0 aliphatic carbocycles. The number of methoxy groups -OCH3 is 1. The normalized spacial score (nSPS) is 12.4. The summed E-state index contributed by atoms with van der Waals surface area (Å²) in [5.74, 6) is 0.0829. The molecule has 0 heterocycles. The van der Waals surface area contributed by atoms with Gasteiger partial charge in [0.05, 0.1) is 25.8 Å². The minimum atomic E-state index is -0.834. The summed E-state index contributed by atoms with van der Waals surface area (Å²) in [5, 5.41) is 19.6. The second kappa shape index (κ2) is 13.1. The molecule has 0 spiro atoms. The average Bonchev–Trinajstić information content (AvgIpc) is 2.88. The van der Waals surface area contributed by atoms with Gasteiger partial charge < -0.3 is 25.8 Å². The molecular formula is C27H31N3O4. The molecule has 0 aliphatic heterocycles. The van der Waals surface area contributed by atoms with E-state index in [1.807, 2.05) is 60.7 Å². The van der Waals surface area contributed by atoms with Crippen molar-refractivity contribution in [3.63, 3.8) is 0 Å². The average molecular weight is 462 g/mol. The predicted molar refractivity (Wildman–Crippen MR) is 132 cm³/mol. The zero-order valence-electron chi connectivity index (χ0n) is 19.2. The Labute approximate surface area is 200 Å². The maximum Gasteiger partial charge on any atom is 0.251 e. The third-order valence-corrected chi connectivity index (χ3v) is 5.37. The van der Waals surface area contributed by atoms with Crippen LogP contribution in [-0.2, 0) is 17.8 Å². The van der Waals surface area contributed by atoms with Gasteiger partial charge in [-0.2, -0.15) is 0 Å². The second-order valence-corrected chi connectivity index (χ2v) is 7.96. The van der Waals surface area contributed by atoms with E-state index < -0.39 is 12.1 Å². The van der Waals surface area contributed by atoms with Crippen molar-refractivity contribution < 1.29 is 19.4 Å². The van der Waals surface area contributed by atoms with Crippen LogP contribution in [0.25, 0.3) is 0 Å². The summed E-state index contributed by atoms with van der Waals surface area (Å²) < 4.78 is 5.24. The number of hydrogen-bond donors (Lipinski definition) is 4. The molecule has 3 aromatic carbocycles. The van der Waals surface area contributed by atoms with Gasteiger partial charge in [0, 0.05) is 18.7 Å². The Kier molecular flexibility index (Phi) is 9.64. The molecule has 3 aromatic rings. The van der Waals surface area contributed by atoms with E-state index in [4.69, 9.17) is 4.74 Å². The molecule has 178 valence electrons. The van der Waals surface area contributed by atoms with Gasteiger partial charge >= 0.3 is 0 Å². The van der Waals surface area contributed by atoms with Gasteiger partial charge in [0.15, 0.2) is 0 Å². The zero-order chi connectivity index (χ0) is 24.2. The highest BCUT2D eigenvalue weighted by Crippen LogP contribution is 2.12. The number of nitrogens with one attached hydrogen (secondary N) is 3. The van der Waals surface area contributed by atoms with E-state index in [0.29, 0.717) is 18.5 Å². The molecule has 4 N–H and O–H groups in total. The number of aliphatic hydroxyl groups is 1. The molecule has 2 amide bonds. The van der Waals surface area contributed by atoms with Gasteiger partial charge in [0.1, 0.15) is 5.75 Å². The molecule has 0 saturated heterocycles. The smallest absolute Gasteiger partial charge is 0.251 e. The van der Waals surface area contributed by atoms with Gasteiger partial charge in [0.25, 0.3) is 5.91 Å². The number of aliphatic hydroxyl groups excluding tert-OH is 1. The van der Waals surface area contributed by atoms with Crippen molar-refractivity contribution in [3.8, 4) is 5.75 Å². The SMILES string of the molecule is COc1cccc(CNC[C@H](O)[C@H](Cc2ccccc2)NC(=O)CNC(=O)c2ccccc2)c1. The van der Waals surface area contributed by atoms with E-state index in [-0.39, 0.29) is 24.9 Å². The highest BCUT2D eigenvalue weighted by atomic mass is 16.5. The number of ether oxygens (including phenoxy) is 1. The third-order valence-electron chi connectivity index (χ3n) is 5.37. The van der Waals surface area contributed by atoms with Crippen molar-refractivity contribution in [2.75, 3.05) is 20.2 Å². The quantitative estimate of drug-likeness (QED) is 0.332. The highest BCUT2D eigenvalue weighted by molar-refractivity contribution is 5.96. The van der Waals surface area contributed by atoms with Crippen molar-refractivity contribution in [2.24, 2.45) is 0 Å². The Hall–Kier alpha value is -3.68. The van der Waals surface area contributed by atoms with E-state index in [2.05, 4.69) is 16.0 Å². The standard InChI is InChI=1S/C27H31N3O4/c1-34-23-14-8-11-21(15-23)17-28-18-25(31)24(16-20-9-4-2-5-10-20)30-26(32)19-29-27(33)22-12-6-3-7-13-22/h2-15,24-25,28,31H,16-19H2,1H3,(H,29,33)(H,30,32)/t24-,25-/m0/s1. The summed E-state index contributed by atoms with van der Waals surface area (Å²) in [6.45, 7) is 0.655. The first-order chi connectivity index (χ1) is 16.5. The van der Waals surface area contributed by atoms with Crippen molar-refractivity contribution >= 4 is 11.8 Å². The molecule has 0 fully saturated rings. The van der Waals surface area contributed by atoms with Crippen LogP contribution in [0.5, 0.6) is 5.75 Å². The van der Waals surface area contributed by atoms with Crippen LogP contribution in [0.4, 0.5) is 0 Å². The number of amides is 2. The highest BCUT2D eigenvalue weighted by Gasteiger charge is 2.22. The van der Waals surface area contributed by atoms with Crippen LogP contribution >= 0.6 is 0 Å². The van der Waals surface area contributed by atoms with Gasteiger partial charge in [0.2, 0.25) is 5.91 Å². The summed E-state index contributed by atoms with van der Waals surface area (Å²) in [6, 6.07) is 25.5. The lowest BCUT2D eigenvalue weighted by Gasteiger charge is -2.25. The van der Waals surface area contributed by atoms with Crippen LogP contribution in [0.2, 0.25) is 0 Å². The molecule has 7 nitrogen and oxygen atoms in total. The maximum absolute atomic E-state index is 12.6. The van der Waals surface area contributed by atoms with Gasteiger partial charge in [-0.05, 0) is 41.8 Å². The summed E-state index contributed by atoms with van der Waals surface area (Å²) in [7, 11) is 1.62. The molecule has 3 rings (SSSR count). The monoisotopic (exact) mass is 461 g/mol. The van der Waals surface area contributed by atoms with E-state index in [1.165, 1.54) is 0 Å². The van der Waals surface area contributed by atoms with E-state index in [9.17, 15) is 14.7 Å². The number of rotatable bonds is 12. The molecule has 34 heavy (non-hydrogen) atoms. The van der Waals surface area contributed by atoms with Gasteiger partial charge in [-0.15, -0.1) is 0 Å². The Morgan fingerprint density at radius 1 is 0.912 bits per heavy atom. The Balaban J connectivity index is 1.56. The van der Waals surface area contributed by atoms with Crippen LogP contribution in [0, 0.1) is 0 Å². The fourth-order valence-electron chi connectivity index (χ4n) is 3.55. The molecule has 0 aromatic heterocycles. The molecule has 0 radical (unpaired) electrons. The molecular weight excluding hydrogens is 430 g/mol. The van der Waals surface area contributed by atoms with Crippen LogP contribution in [0.15, 0.2) is 84.9 Å². The first kappa shape index (κ1) is 25.0. The first-order valence-electron chi connectivity index (χ1n) is 11.2. The lowest BCUT2D eigenvalue weighted by molar-refractivity contribution is -0.121. The fraction of sp³-hybridized carbons (Fsp3) is 0.259. The van der Waals surface area contributed by atoms with Crippen molar-refractivity contribution in [3.05, 3.63) is 102 Å². The summed E-state index contributed by atoms with van der Waals surface area (Å²) in [4.78, 5) is 24.8. The lowest BCUT2D eigenvalue weighted by Crippen LogP contribution is -2.51. The van der Waals surface area contributed by atoms with Crippen molar-refractivity contribution in [1.82, 2.24) is 16.0 Å². The van der Waals surface area contributed by atoms with Gasteiger partial charge in [-0.25, -0.2) is 0 Å². The van der Waals surface area contributed by atoms with E-state index in [1.54, 1.807) is 31.4 Å². The largest absolute Gasteiger partial charge is 0.497 e. The number of carbonyl (C=O) groups is 2. The van der Waals surface area contributed by atoms with E-state index in [0.717, 1.165) is 16.9 Å². The molecule has 2 atom stereocenters. The number of benzene rings is 3. The molecule has 0 saturated carbocycles. The fourth-order valence-corrected chi connectivity index (χ4v) is 3.55. The predicted octanol–water partition coefficient (Wildman–Crippen LogP) is 2.30. The molecule has 0 bridgehead atoms. The van der Waals surface area contributed by atoms with Crippen LogP contribution < -0.4 is 20.7 Å². The van der Waals surface area contributed by atoms with Crippen LogP contribution in [-0.4, -0.2) is 49.3 Å². The Morgan fingerprint density at radius 2 is 1.59 bits per heavy atom. The summed E-state index contributed by atoms with van der Waals surface area (Å²) in [5.41, 5.74) is 2.50. The molecule has 0 aliphatic rings. The molecule has 7 heteroatoms. The van der Waals surface area contributed by atoms with Gasteiger partial charge in [-0.1, -0.05) is 60.7 Å². The number of hydrogen-bond acceptors (Lipinski definition) is 5. The Bertz CT molecular complexity index is 1040. The van der Waals surface area contributed by atoms with Crippen molar-refractivity contribution in [2.45, 2.75) is 25.1 Å². The summed E-state index contributed by atoms with van der Waals surface area (Å²) in [6.07, 6.45) is -0.374. The topological polar surface area (TPSA) is 99.7 Å². The lowest BCUT2D eigenvalue weighted by atomic mass is 10.0. The maximum atomic E-state index is 12.6. The first-order valence-corrected chi connectivity index (χ1v) is 11.2. The third kappa shape index (κ3) is 8.03. The second-order valence-electron chi connectivity index (χ2n) is 7.96. The number of carbonyl (C=O) groups excluding carboxylic acids is 2. The van der Waals surface area contributed by atoms with Crippen molar-refractivity contribution in [1.29, 1.82) is 0 Å². The summed E-state index contributed by atoms with van der Waals surface area (Å²) >= 11 is 0. The Morgan fingerprint density at radius 3 is 2.29 bits per heavy atom. The van der Waals surface area contributed by atoms with Gasteiger partial charge in [-0.3, -0.25) is 9.59 Å². The zero-order valence-corrected chi connectivity index (χ0v) is 19.2. The minimum absolute atomic E-state index is 0.178. The molecule has 0 unspecified atom stereocenters. The van der Waals surface area contributed by atoms with Crippen LogP contribution in [0.1, 0.15) is 21.5 Å².